The van der Waals surface area contributed by atoms with Gasteiger partial charge in [-0.2, -0.15) is 0 Å². The van der Waals surface area contributed by atoms with E-state index in [0.29, 0.717) is 16.4 Å². The molecule has 182 valence electrons. The van der Waals surface area contributed by atoms with Gasteiger partial charge in [0.15, 0.2) is 5.11 Å². The number of hydrogen-bond acceptors (Lipinski definition) is 5. The average Bonchev–Trinajstić information content (AvgIpc) is 3.39. The number of rotatable bonds is 5. The lowest BCUT2D eigenvalue weighted by Crippen LogP contribution is -2.29. The normalized spacial score (nSPS) is 17.2. The summed E-state index contributed by atoms with van der Waals surface area (Å²) >= 11 is 5.79. The number of para-hydroxylation sites is 2. The Morgan fingerprint density at radius 2 is 1.83 bits per heavy atom. The van der Waals surface area contributed by atoms with E-state index in [4.69, 9.17) is 17.0 Å². The van der Waals surface area contributed by atoms with Gasteiger partial charge in [-0.05, 0) is 80.2 Å². The Hall–Kier alpha value is -4.17. The molecule has 0 spiro atoms. The highest BCUT2D eigenvalue weighted by Crippen LogP contribution is 2.45. The van der Waals surface area contributed by atoms with Gasteiger partial charge in [0, 0.05) is 23.3 Å². The second-order valence-electron chi connectivity index (χ2n) is 8.69. The molecule has 1 fully saturated rings. The van der Waals surface area contributed by atoms with Crippen molar-refractivity contribution in [3.63, 3.8) is 0 Å². The number of anilines is 1. The largest absolute Gasteiger partial charge is 0.506 e. The Kier molecular flexibility index (Phi) is 6.20. The van der Waals surface area contributed by atoms with Gasteiger partial charge in [-0.15, -0.1) is 0 Å². The number of carbonyl (C=O) groups excluding carboxylic acids is 1. The minimum atomic E-state index is -0.383. The molecule has 0 radical (unpaired) electrons. The molecular formula is C28H26N4O3S. The van der Waals surface area contributed by atoms with E-state index in [1.807, 2.05) is 67.3 Å². The van der Waals surface area contributed by atoms with Crippen molar-refractivity contribution in [2.45, 2.75) is 25.9 Å². The molecule has 2 aromatic heterocycles. The number of carbonyl (C=O) groups is 1. The standard InChI is InChI=1S/C28H26N4O3S/c1-17-15-21(18(2)31(17)20-10-8-9-19(16-20)27(34)35-3)26-25(22-11-6-7-14-29-22)30-28(36)32(26)23-12-4-5-13-24(23)33/h4-16,25-26,33H,1-3H3,(H,30,36)/t25-,26+/m0/s1. The molecule has 8 heteroatoms. The molecule has 5 rings (SSSR count). The Labute approximate surface area is 215 Å². The third-order valence-corrected chi connectivity index (χ3v) is 6.87. The predicted molar refractivity (Wildman–Crippen MR) is 143 cm³/mol. The number of ether oxygens (including phenoxy) is 1. The molecule has 2 aromatic carbocycles. The van der Waals surface area contributed by atoms with Gasteiger partial charge in [0.2, 0.25) is 0 Å². The second-order valence-corrected chi connectivity index (χ2v) is 9.08. The molecule has 1 aliphatic rings. The van der Waals surface area contributed by atoms with Crippen molar-refractivity contribution in [1.29, 1.82) is 0 Å². The first-order valence-corrected chi connectivity index (χ1v) is 12.0. The minimum Gasteiger partial charge on any atom is -0.506 e. The summed E-state index contributed by atoms with van der Waals surface area (Å²) in [5.41, 5.74) is 5.83. The van der Waals surface area contributed by atoms with E-state index in [2.05, 4.69) is 20.9 Å². The lowest BCUT2D eigenvalue weighted by Gasteiger charge is -2.28. The van der Waals surface area contributed by atoms with Crippen LogP contribution in [-0.4, -0.2) is 32.8 Å². The Bertz CT molecular complexity index is 1450. The van der Waals surface area contributed by atoms with E-state index in [1.165, 1.54) is 7.11 Å². The highest BCUT2D eigenvalue weighted by molar-refractivity contribution is 7.80. The number of phenolic OH excluding ortho intramolecular Hbond substituents is 1. The number of thiocarbonyl (C=S) groups is 1. The number of nitrogens with one attached hydrogen (secondary N) is 1. The summed E-state index contributed by atoms with van der Waals surface area (Å²) < 4.78 is 7.03. The molecule has 0 amide bonds. The van der Waals surface area contributed by atoms with Crippen molar-refractivity contribution in [3.05, 3.63) is 107 Å². The van der Waals surface area contributed by atoms with Crippen LogP contribution < -0.4 is 10.2 Å². The van der Waals surface area contributed by atoms with Gasteiger partial charge in [-0.25, -0.2) is 4.79 Å². The molecule has 0 unspecified atom stereocenters. The monoisotopic (exact) mass is 498 g/mol. The van der Waals surface area contributed by atoms with E-state index in [-0.39, 0.29) is 23.8 Å². The summed E-state index contributed by atoms with van der Waals surface area (Å²) in [6.45, 7) is 4.08. The zero-order valence-corrected chi connectivity index (χ0v) is 21.0. The number of aryl methyl sites for hydroxylation is 1. The molecule has 36 heavy (non-hydrogen) atoms. The molecule has 0 aliphatic carbocycles. The smallest absolute Gasteiger partial charge is 0.337 e. The average molecular weight is 499 g/mol. The summed E-state index contributed by atoms with van der Waals surface area (Å²) in [6, 6.07) is 22.0. The third kappa shape index (κ3) is 3.99. The van der Waals surface area contributed by atoms with Crippen molar-refractivity contribution in [2.75, 3.05) is 12.0 Å². The number of nitrogens with zero attached hydrogens (tertiary/aromatic N) is 3. The maximum Gasteiger partial charge on any atom is 0.337 e. The molecule has 2 atom stereocenters. The van der Waals surface area contributed by atoms with Gasteiger partial charge in [-0.1, -0.05) is 24.3 Å². The Morgan fingerprint density at radius 3 is 2.56 bits per heavy atom. The molecule has 3 heterocycles. The van der Waals surface area contributed by atoms with E-state index in [1.54, 1.807) is 24.4 Å². The van der Waals surface area contributed by atoms with Gasteiger partial charge in [-0.3, -0.25) is 4.98 Å². The predicted octanol–water partition coefficient (Wildman–Crippen LogP) is 5.16. The first kappa shape index (κ1) is 23.6. The van der Waals surface area contributed by atoms with E-state index < -0.39 is 0 Å². The van der Waals surface area contributed by atoms with Crippen molar-refractivity contribution >= 4 is 29.0 Å². The van der Waals surface area contributed by atoms with Crippen molar-refractivity contribution in [1.82, 2.24) is 14.9 Å². The van der Waals surface area contributed by atoms with Crippen molar-refractivity contribution in [3.8, 4) is 11.4 Å². The van der Waals surface area contributed by atoms with Crippen LogP contribution in [0, 0.1) is 13.8 Å². The number of methoxy groups -OCH3 is 1. The van der Waals surface area contributed by atoms with Crippen LogP contribution >= 0.6 is 12.2 Å². The summed E-state index contributed by atoms with van der Waals surface area (Å²) in [4.78, 5) is 18.7. The maximum atomic E-state index is 12.2. The molecule has 1 saturated heterocycles. The zero-order chi connectivity index (χ0) is 25.4. The van der Waals surface area contributed by atoms with Crippen molar-refractivity contribution in [2.24, 2.45) is 0 Å². The highest BCUT2D eigenvalue weighted by atomic mass is 32.1. The fourth-order valence-corrected chi connectivity index (χ4v) is 5.31. The van der Waals surface area contributed by atoms with E-state index in [0.717, 1.165) is 28.3 Å². The molecule has 4 aromatic rings. The number of hydrogen-bond donors (Lipinski definition) is 2. The lowest BCUT2D eigenvalue weighted by molar-refractivity contribution is 0.0600. The zero-order valence-electron chi connectivity index (χ0n) is 20.2. The van der Waals surface area contributed by atoms with Gasteiger partial charge < -0.3 is 24.6 Å². The van der Waals surface area contributed by atoms with Crippen LogP contribution in [0.1, 0.15) is 45.1 Å². The molecule has 0 saturated carbocycles. The van der Waals surface area contributed by atoms with Crippen LogP contribution in [-0.2, 0) is 4.74 Å². The quantitative estimate of drug-likeness (QED) is 0.291. The van der Waals surface area contributed by atoms with Crippen LogP contribution in [0.3, 0.4) is 0 Å². The third-order valence-electron chi connectivity index (χ3n) is 6.55. The van der Waals surface area contributed by atoms with Crippen LogP contribution in [0.25, 0.3) is 5.69 Å². The topological polar surface area (TPSA) is 79.6 Å². The summed E-state index contributed by atoms with van der Waals surface area (Å²) in [7, 11) is 1.38. The van der Waals surface area contributed by atoms with E-state index in [9.17, 15) is 9.90 Å². The highest BCUT2D eigenvalue weighted by Gasteiger charge is 2.43. The Morgan fingerprint density at radius 1 is 1.06 bits per heavy atom. The first-order valence-electron chi connectivity index (χ1n) is 11.6. The van der Waals surface area contributed by atoms with Gasteiger partial charge in [0.1, 0.15) is 5.75 Å². The van der Waals surface area contributed by atoms with Crippen LogP contribution in [0.5, 0.6) is 5.75 Å². The van der Waals surface area contributed by atoms with Gasteiger partial charge >= 0.3 is 5.97 Å². The number of pyridine rings is 1. The lowest BCUT2D eigenvalue weighted by atomic mass is 9.96. The van der Waals surface area contributed by atoms with Gasteiger partial charge in [0.05, 0.1) is 36.1 Å². The number of phenols is 1. The molecule has 7 nitrogen and oxygen atoms in total. The molecule has 2 N–H and O–H groups in total. The number of esters is 1. The number of aromatic nitrogens is 2. The first-order chi connectivity index (χ1) is 17.4. The maximum absolute atomic E-state index is 12.2. The minimum absolute atomic E-state index is 0.146. The second kappa shape index (κ2) is 9.47. The Balaban J connectivity index is 1.68. The molecule has 0 bridgehead atoms. The summed E-state index contributed by atoms with van der Waals surface area (Å²) in [6.07, 6.45) is 1.77. The summed E-state index contributed by atoms with van der Waals surface area (Å²) in [5, 5.41) is 14.7. The van der Waals surface area contributed by atoms with Gasteiger partial charge in [0.25, 0.3) is 0 Å². The van der Waals surface area contributed by atoms with Crippen LogP contribution in [0.2, 0.25) is 0 Å². The summed E-state index contributed by atoms with van der Waals surface area (Å²) in [5.74, 6) is -0.237. The molecular weight excluding hydrogens is 472 g/mol. The van der Waals surface area contributed by atoms with E-state index >= 15 is 0 Å². The fourth-order valence-electron chi connectivity index (χ4n) is 4.97. The van der Waals surface area contributed by atoms with Crippen LogP contribution in [0.15, 0.2) is 79.0 Å². The number of aromatic hydroxyl groups is 1. The van der Waals surface area contributed by atoms with Crippen molar-refractivity contribution < 1.29 is 14.6 Å². The number of benzene rings is 2. The fraction of sp³-hybridized carbons (Fsp3) is 0.179. The SMILES string of the molecule is COC(=O)c1cccc(-n2c(C)cc([C@@H]3[C@H](c4ccccn4)NC(=S)N3c3ccccc3O)c2C)c1. The van der Waals surface area contributed by atoms with Crippen LogP contribution in [0.4, 0.5) is 5.69 Å². The molecule has 1 aliphatic heterocycles.